The second-order valence-electron chi connectivity index (χ2n) is 4.26. The van der Waals surface area contributed by atoms with Gasteiger partial charge in [0.05, 0.1) is 0 Å². The standard InChI is InChI=1S/C11H20/c1-8(2)11-7-5-6-9(3)10(11)4/h8-9,11H,4-7H2,1-3H3. The van der Waals surface area contributed by atoms with Gasteiger partial charge in [-0.05, 0) is 30.6 Å². The van der Waals surface area contributed by atoms with Crippen LogP contribution in [0.1, 0.15) is 40.0 Å². The molecule has 0 nitrogen and oxygen atoms in total. The largest absolute Gasteiger partial charge is 0.0993 e. The fraction of sp³-hybridized carbons (Fsp3) is 0.818. The molecule has 2 unspecified atom stereocenters. The van der Waals surface area contributed by atoms with E-state index in [9.17, 15) is 0 Å². The first-order valence-corrected chi connectivity index (χ1v) is 4.81. The van der Waals surface area contributed by atoms with Crippen LogP contribution in [0.4, 0.5) is 0 Å². The summed E-state index contributed by atoms with van der Waals surface area (Å²) in [7, 11) is 0. The minimum atomic E-state index is 0.774. The second-order valence-corrected chi connectivity index (χ2v) is 4.26. The van der Waals surface area contributed by atoms with Crippen molar-refractivity contribution < 1.29 is 0 Å². The summed E-state index contributed by atoms with van der Waals surface area (Å²) in [5.74, 6) is 2.38. The number of rotatable bonds is 1. The highest BCUT2D eigenvalue weighted by molar-refractivity contribution is 5.08. The maximum atomic E-state index is 4.20. The first-order chi connectivity index (χ1) is 5.13. The van der Waals surface area contributed by atoms with Crippen LogP contribution in [0, 0.1) is 17.8 Å². The van der Waals surface area contributed by atoms with Crippen molar-refractivity contribution in [1.82, 2.24) is 0 Å². The molecule has 0 aromatic heterocycles. The Bertz CT molecular complexity index is 144. The summed E-state index contributed by atoms with van der Waals surface area (Å²) < 4.78 is 0. The van der Waals surface area contributed by atoms with Gasteiger partial charge in [-0.1, -0.05) is 39.3 Å². The van der Waals surface area contributed by atoms with E-state index in [4.69, 9.17) is 0 Å². The van der Waals surface area contributed by atoms with Crippen molar-refractivity contribution in [1.29, 1.82) is 0 Å². The maximum Gasteiger partial charge on any atom is -0.0180 e. The molecule has 0 radical (unpaired) electrons. The van der Waals surface area contributed by atoms with E-state index in [0.717, 1.165) is 17.8 Å². The highest BCUT2D eigenvalue weighted by atomic mass is 14.3. The van der Waals surface area contributed by atoms with Crippen LogP contribution in [0.3, 0.4) is 0 Å². The van der Waals surface area contributed by atoms with E-state index >= 15 is 0 Å². The third kappa shape index (κ3) is 1.85. The van der Waals surface area contributed by atoms with Crippen LogP contribution in [0.15, 0.2) is 12.2 Å². The third-order valence-electron chi connectivity index (χ3n) is 3.07. The summed E-state index contributed by atoms with van der Waals surface area (Å²) in [4.78, 5) is 0. The average Bonchev–Trinajstić information content (AvgIpc) is 1.94. The number of hydrogen-bond donors (Lipinski definition) is 0. The lowest BCUT2D eigenvalue weighted by atomic mass is 9.73. The van der Waals surface area contributed by atoms with Crippen molar-refractivity contribution in [3.63, 3.8) is 0 Å². The molecule has 0 spiro atoms. The van der Waals surface area contributed by atoms with Crippen molar-refractivity contribution in [2.24, 2.45) is 17.8 Å². The fourth-order valence-corrected chi connectivity index (χ4v) is 2.14. The highest BCUT2D eigenvalue weighted by Crippen LogP contribution is 2.36. The van der Waals surface area contributed by atoms with Crippen LogP contribution in [-0.4, -0.2) is 0 Å². The van der Waals surface area contributed by atoms with Gasteiger partial charge in [0.2, 0.25) is 0 Å². The Kier molecular flexibility index (Phi) is 2.75. The molecule has 0 aliphatic heterocycles. The van der Waals surface area contributed by atoms with Crippen molar-refractivity contribution >= 4 is 0 Å². The summed E-state index contributed by atoms with van der Waals surface area (Å²) >= 11 is 0. The molecule has 0 bridgehead atoms. The average molecular weight is 152 g/mol. The van der Waals surface area contributed by atoms with E-state index in [1.165, 1.54) is 24.8 Å². The molecule has 1 fully saturated rings. The molecule has 0 aromatic carbocycles. The van der Waals surface area contributed by atoms with Crippen LogP contribution >= 0.6 is 0 Å². The fourth-order valence-electron chi connectivity index (χ4n) is 2.14. The third-order valence-corrected chi connectivity index (χ3v) is 3.07. The molecule has 1 aliphatic carbocycles. The highest BCUT2D eigenvalue weighted by Gasteiger charge is 2.24. The van der Waals surface area contributed by atoms with Gasteiger partial charge in [0.15, 0.2) is 0 Å². The lowest BCUT2D eigenvalue weighted by Crippen LogP contribution is -2.20. The van der Waals surface area contributed by atoms with E-state index in [0.29, 0.717) is 0 Å². The monoisotopic (exact) mass is 152 g/mol. The molecule has 11 heavy (non-hydrogen) atoms. The summed E-state index contributed by atoms with van der Waals surface area (Å²) in [6.45, 7) is 11.1. The SMILES string of the molecule is C=C1C(C)CCCC1C(C)C. The Hall–Kier alpha value is -0.260. The molecule has 0 aromatic rings. The molecule has 0 amide bonds. The molecule has 0 heteroatoms. The number of allylic oxidation sites excluding steroid dienone is 1. The molecular weight excluding hydrogens is 132 g/mol. The Labute approximate surface area is 70.7 Å². The summed E-state index contributed by atoms with van der Waals surface area (Å²) in [6, 6.07) is 0. The minimum absolute atomic E-state index is 0.774. The zero-order valence-electron chi connectivity index (χ0n) is 8.06. The molecule has 0 saturated heterocycles. The van der Waals surface area contributed by atoms with Gasteiger partial charge < -0.3 is 0 Å². The first-order valence-electron chi connectivity index (χ1n) is 4.81. The smallest absolute Gasteiger partial charge is 0.0180 e. The quantitative estimate of drug-likeness (QED) is 0.503. The van der Waals surface area contributed by atoms with E-state index in [-0.39, 0.29) is 0 Å². The molecule has 2 atom stereocenters. The van der Waals surface area contributed by atoms with Crippen LogP contribution in [0.25, 0.3) is 0 Å². The minimum Gasteiger partial charge on any atom is -0.0993 e. The first kappa shape index (κ1) is 8.83. The van der Waals surface area contributed by atoms with Crippen LogP contribution in [0.5, 0.6) is 0 Å². The van der Waals surface area contributed by atoms with Crippen molar-refractivity contribution in [2.75, 3.05) is 0 Å². The molecule has 0 heterocycles. The van der Waals surface area contributed by atoms with Crippen LogP contribution < -0.4 is 0 Å². The van der Waals surface area contributed by atoms with Gasteiger partial charge in [-0.15, -0.1) is 0 Å². The predicted molar refractivity (Wildman–Crippen MR) is 50.5 cm³/mol. The van der Waals surface area contributed by atoms with E-state index < -0.39 is 0 Å². The Morgan fingerprint density at radius 3 is 2.45 bits per heavy atom. The zero-order chi connectivity index (χ0) is 8.43. The van der Waals surface area contributed by atoms with Crippen molar-refractivity contribution in [2.45, 2.75) is 40.0 Å². The molecule has 1 aliphatic rings. The van der Waals surface area contributed by atoms with E-state index in [1.54, 1.807) is 0 Å². The van der Waals surface area contributed by atoms with Crippen LogP contribution in [0.2, 0.25) is 0 Å². The topological polar surface area (TPSA) is 0 Å². The Balaban J connectivity index is 2.58. The van der Waals surface area contributed by atoms with Gasteiger partial charge in [-0.3, -0.25) is 0 Å². The molecule has 0 N–H and O–H groups in total. The Morgan fingerprint density at radius 2 is 2.00 bits per heavy atom. The van der Waals surface area contributed by atoms with Gasteiger partial charge in [-0.2, -0.15) is 0 Å². The Morgan fingerprint density at radius 1 is 1.36 bits per heavy atom. The molecule has 1 saturated carbocycles. The molecular formula is C11H20. The second kappa shape index (κ2) is 3.42. The lowest BCUT2D eigenvalue weighted by molar-refractivity contribution is 0.315. The van der Waals surface area contributed by atoms with Crippen molar-refractivity contribution in [3.05, 3.63) is 12.2 Å². The zero-order valence-corrected chi connectivity index (χ0v) is 8.06. The van der Waals surface area contributed by atoms with E-state index in [1.807, 2.05) is 0 Å². The van der Waals surface area contributed by atoms with E-state index in [2.05, 4.69) is 27.4 Å². The molecule has 1 rings (SSSR count). The van der Waals surface area contributed by atoms with Gasteiger partial charge in [0.1, 0.15) is 0 Å². The summed E-state index contributed by atoms with van der Waals surface area (Å²) in [5.41, 5.74) is 1.51. The normalized spacial score (nSPS) is 32.9. The van der Waals surface area contributed by atoms with Crippen LogP contribution in [-0.2, 0) is 0 Å². The predicted octanol–water partition coefficient (Wildman–Crippen LogP) is 3.63. The number of hydrogen-bond acceptors (Lipinski definition) is 0. The summed E-state index contributed by atoms with van der Waals surface area (Å²) in [5, 5.41) is 0. The van der Waals surface area contributed by atoms with Gasteiger partial charge in [0.25, 0.3) is 0 Å². The van der Waals surface area contributed by atoms with Gasteiger partial charge in [-0.25, -0.2) is 0 Å². The molecule has 64 valence electrons. The summed E-state index contributed by atoms with van der Waals surface area (Å²) in [6.07, 6.45) is 4.14. The van der Waals surface area contributed by atoms with Crippen molar-refractivity contribution in [3.8, 4) is 0 Å². The maximum absolute atomic E-state index is 4.20. The van der Waals surface area contributed by atoms with Gasteiger partial charge in [0, 0.05) is 0 Å². The van der Waals surface area contributed by atoms with Gasteiger partial charge >= 0.3 is 0 Å². The lowest BCUT2D eigenvalue weighted by Gasteiger charge is -2.32.